The lowest BCUT2D eigenvalue weighted by atomic mass is 10.1. The zero-order valence-electron chi connectivity index (χ0n) is 17.4. The highest BCUT2D eigenvalue weighted by Gasteiger charge is 2.40. The summed E-state index contributed by atoms with van der Waals surface area (Å²) < 4.78 is 32.1. The zero-order valence-corrected chi connectivity index (χ0v) is 18.3. The van der Waals surface area contributed by atoms with E-state index in [0.29, 0.717) is 5.56 Å². The van der Waals surface area contributed by atoms with Gasteiger partial charge in [-0.05, 0) is 52.3 Å². The number of benzene rings is 2. The van der Waals surface area contributed by atoms with Gasteiger partial charge in [-0.2, -0.15) is 0 Å². The minimum absolute atomic E-state index is 0.0171. The van der Waals surface area contributed by atoms with Crippen molar-refractivity contribution in [2.24, 2.45) is 0 Å². The van der Waals surface area contributed by atoms with Crippen LogP contribution >= 0.6 is 0 Å². The first-order valence-electron chi connectivity index (χ1n) is 9.58. The van der Waals surface area contributed by atoms with Crippen LogP contribution in [0.3, 0.4) is 0 Å². The highest BCUT2D eigenvalue weighted by atomic mass is 32.2. The van der Waals surface area contributed by atoms with Crippen LogP contribution in [0.2, 0.25) is 0 Å². The minimum Gasteiger partial charge on any atom is -0.426 e. The number of carbonyl (C=O) groups excluding carboxylic acids is 1. The second-order valence-electron chi connectivity index (χ2n) is 7.56. The Bertz CT molecular complexity index is 900. The maximum absolute atomic E-state index is 13.3. The number of rotatable bonds is 7. The fourth-order valence-electron chi connectivity index (χ4n) is 3.15. The third-order valence-electron chi connectivity index (χ3n) is 4.59. The third-order valence-corrected chi connectivity index (χ3v) is 6.49. The van der Waals surface area contributed by atoms with Crippen LogP contribution in [0.1, 0.15) is 44.9 Å². The predicted octanol–water partition coefficient (Wildman–Crippen LogP) is 4.08. The molecule has 2 aromatic rings. The van der Waals surface area contributed by atoms with E-state index in [2.05, 4.69) is 0 Å². The average Bonchev–Trinajstić information content (AvgIpc) is 2.66. The molecule has 0 aliphatic carbocycles. The van der Waals surface area contributed by atoms with Crippen LogP contribution in [0, 0.1) is 6.92 Å². The van der Waals surface area contributed by atoms with Gasteiger partial charge in [0, 0.05) is 12.1 Å². The summed E-state index contributed by atoms with van der Waals surface area (Å²) in [4.78, 5) is 14.3. The van der Waals surface area contributed by atoms with Gasteiger partial charge in [-0.15, -0.1) is 0 Å². The molecule has 0 bridgehead atoms. The largest absolute Gasteiger partial charge is 0.426 e. The van der Waals surface area contributed by atoms with E-state index in [0.717, 1.165) is 5.56 Å². The van der Waals surface area contributed by atoms with Crippen LogP contribution in [0.5, 0.6) is 0 Å². The number of amides is 1. The predicted molar refractivity (Wildman–Crippen MR) is 112 cm³/mol. The number of aliphatic hydroxyl groups is 1. The van der Waals surface area contributed by atoms with E-state index < -0.39 is 27.5 Å². The molecule has 1 amide bonds. The fraction of sp³-hybridized carbons (Fsp3) is 0.409. The van der Waals surface area contributed by atoms with Gasteiger partial charge in [-0.1, -0.05) is 48.0 Å². The molecular formula is C22H29NO5S. The van der Waals surface area contributed by atoms with Crippen molar-refractivity contribution in [3.05, 3.63) is 65.7 Å². The van der Waals surface area contributed by atoms with Gasteiger partial charge in [-0.25, -0.2) is 13.2 Å². The molecule has 2 aromatic carbocycles. The van der Waals surface area contributed by atoms with E-state index in [1.807, 2.05) is 34.6 Å². The molecule has 0 aliphatic heterocycles. The molecule has 29 heavy (non-hydrogen) atoms. The fourth-order valence-corrected chi connectivity index (χ4v) is 4.63. The number of ether oxygens (including phenoxy) is 1. The molecule has 6 nitrogen and oxygen atoms in total. The highest BCUT2D eigenvalue weighted by Crippen LogP contribution is 2.29. The molecule has 0 fully saturated rings. The highest BCUT2D eigenvalue weighted by molar-refractivity contribution is 7.92. The first-order valence-corrected chi connectivity index (χ1v) is 11.1. The Morgan fingerprint density at radius 3 is 1.93 bits per heavy atom. The van der Waals surface area contributed by atoms with E-state index >= 15 is 0 Å². The molecule has 0 aromatic heterocycles. The zero-order chi connectivity index (χ0) is 21.8. The summed E-state index contributed by atoms with van der Waals surface area (Å²) >= 11 is 0. The molecule has 0 spiro atoms. The topological polar surface area (TPSA) is 83.9 Å². The number of carbonyl (C=O) groups is 1. The SMILES string of the molecule is Cc1ccc(S(=O)(=O)C(OC(=O)N(C(C)C)C(C)C)C(O)c2ccccc2)cc1. The number of aryl methyl sites for hydroxylation is 1. The lowest BCUT2D eigenvalue weighted by Crippen LogP contribution is -2.46. The summed E-state index contributed by atoms with van der Waals surface area (Å²) in [5, 5.41) is 10.9. The van der Waals surface area contributed by atoms with Gasteiger partial charge in [0.2, 0.25) is 15.3 Å². The Morgan fingerprint density at radius 1 is 0.931 bits per heavy atom. The molecule has 0 radical (unpaired) electrons. The van der Waals surface area contributed by atoms with Crippen molar-refractivity contribution in [2.75, 3.05) is 0 Å². The smallest absolute Gasteiger partial charge is 0.411 e. The van der Waals surface area contributed by atoms with Crippen molar-refractivity contribution in [3.63, 3.8) is 0 Å². The number of hydrogen-bond acceptors (Lipinski definition) is 5. The third kappa shape index (κ3) is 5.36. The van der Waals surface area contributed by atoms with Crippen LogP contribution < -0.4 is 0 Å². The van der Waals surface area contributed by atoms with Crippen molar-refractivity contribution >= 4 is 15.9 Å². The van der Waals surface area contributed by atoms with Gasteiger partial charge < -0.3 is 14.7 Å². The number of aliphatic hydroxyl groups excluding tert-OH is 1. The Labute approximate surface area is 173 Å². The van der Waals surface area contributed by atoms with E-state index in [4.69, 9.17) is 4.74 Å². The summed E-state index contributed by atoms with van der Waals surface area (Å²) in [6.07, 6.45) is -2.32. The number of hydrogen-bond donors (Lipinski definition) is 1. The van der Waals surface area contributed by atoms with Gasteiger partial charge in [0.05, 0.1) is 4.90 Å². The van der Waals surface area contributed by atoms with E-state index in [-0.39, 0.29) is 17.0 Å². The average molecular weight is 420 g/mol. The lowest BCUT2D eigenvalue weighted by molar-refractivity contribution is 0.0156. The molecular weight excluding hydrogens is 390 g/mol. The first-order chi connectivity index (χ1) is 13.6. The Morgan fingerprint density at radius 2 is 1.45 bits per heavy atom. The Kier molecular flexibility index (Phi) is 7.43. The van der Waals surface area contributed by atoms with Gasteiger partial charge in [0.1, 0.15) is 6.10 Å². The van der Waals surface area contributed by atoms with E-state index in [1.165, 1.54) is 17.0 Å². The Balaban J connectivity index is 2.48. The van der Waals surface area contributed by atoms with Gasteiger partial charge in [-0.3, -0.25) is 0 Å². The van der Waals surface area contributed by atoms with E-state index in [1.54, 1.807) is 42.5 Å². The molecule has 7 heteroatoms. The van der Waals surface area contributed by atoms with Gasteiger partial charge in [0.25, 0.3) is 0 Å². The van der Waals surface area contributed by atoms with Gasteiger partial charge in [0.15, 0.2) is 0 Å². The van der Waals surface area contributed by atoms with Crippen LogP contribution in [0.15, 0.2) is 59.5 Å². The van der Waals surface area contributed by atoms with E-state index in [9.17, 15) is 18.3 Å². The first kappa shape index (κ1) is 22.9. The molecule has 1 N–H and O–H groups in total. The normalized spacial score (nSPS) is 13.9. The molecule has 0 saturated heterocycles. The Hall–Kier alpha value is -2.38. The molecule has 0 aliphatic rings. The monoisotopic (exact) mass is 419 g/mol. The maximum atomic E-state index is 13.3. The van der Waals surface area contributed by atoms with Crippen LogP contribution in [0.4, 0.5) is 4.79 Å². The van der Waals surface area contributed by atoms with Crippen molar-refractivity contribution < 1.29 is 23.1 Å². The van der Waals surface area contributed by atoms with Crippen molar-refractivity contribution in [1.82, 2.24) is 4.90 Å². The summed E-state index contributed by atoms with van der Waals surface area (Å²) in [7, 11) is -4.16. The molecule has 158 valence electrons. The van der Waals surface area contributed by atoms with Crippen LogP contribution in [-0.4, -0.2) is 42.0 Å². The van der Waals surface area contributed by atoms with Crippen LogP contribution in [0.25, 0.3) is 0 Å². The molecule has 2 unspecified atom stereocenters. The molecule has 0 saturated carbocycles. The quantitative estimate of drug-likeness (QED) is 0.731. The molecule has 0 heterocycles. The summed E-state index contributed by atoms with van der Waals surface area (Å²) in [6.45, 7) is 9.11. The van der Waals surface area contributed by atoms with Crippen molar-refractivity contribution in [2.45, 2.75) is 63.1 Å². The second-order valence-corrected chi connectivity index (χ2v) is 9.59. The van der Waals surface area contributed by atoms with Crippen LogP contribution in [-0.2, 0) is 14.6 Å². The second kappa shape index (κ2) is 9.41. The minimum atomic E-state index is -4.16. The molecule has 2 rings (SSSR count). The lowest BCUT2D eigenvalue weighted by Gasteiger charge is -2.32. The summed E-state index contributed by atoms with van der Waals surface area (Å²) in [5.41, 5.74) is -0.534. The number of nitrogens with zero attached hydrogens (tertiary/aromatic N) is 1. The van der Waals surface area contributed by atoms with Gasteiger partial charge >= 0.3 is 6.09 Å². The standard InChI is InChI=1S/C22H29NO5S/c1-15(2)23(16(3)4)22(25)28-21(20(24)18-9-7-6-8-10-18)29(26,27)19-13-11-17(5)12-14-19/h6-16,20-21,24H,1-5H3. The summed E-state index contributed by atoms with van der Waals surface area (Å²) in [6, 6.07) is 14.2. The summed E-state index contributed by atoms with van der Waals surface area (Å²) in [5.74, 6) is 0. The van der Waals surface area contributed by atoms with Crippen molar-refractivity contribution in [1.29, 1.82) is 0 Å². The molecule has 2 atom stereocenters. The van der Waals surface area contributed by atoms with Crippen molar-refractivity contribution in [3.8, 4) is 0 Å². The maximum Gasteiger partial charge on any atom is 0.411 e. The number of sulfone groups is 1.